The van der Waals surface area contributed by atoms with Crippen molar-refractivity contribution >= 4 is 0 Å². The van der Waals surface area contributed by atoms with Gasteiger partial charge in [-0.05, 0) is 0 Å². The molecule has 0 aliphatic carbocycles. The lowest BCUT2D eigenvalue weighted by molar-refractivity contribution is -0.0190. The minimum absolute atomic E-state index is 0.262. The van der Waals surface area contributed by atoms with E-state index in [1.807, 2.05) is 0 Å². The van der Waals surface area contributed by atoms with Crippen LogP contribution in [-0.4, -0.2) is 19.4 Å². The van der Waals surface area contributed by atoms with Crippen LogP contribution < -0.4 is 10.6 Å². The Morgan fingerprint density at radius 1 is 1.20 bits per heavy atom. The van der Waals surface area contributed by atoms with Gasteiger partial charge in [0.15, 0.2) is 6.17 Å². The Bertz CT molecular complexity index is 135. The van der Waals surface area contributed by atoms with E-state index in [0.29, 0.717) is 0 Å². The molecule has 0 aromatic rings. The molecule has 1 fully saturated rings. The molecule has 10 heavy (non-hydrogen) atoms. The highest BCUT2D eigenvalue weighted by Gasteiger charge is 2.29. The van der Waals surface area contributed by atoms with Crippen LogP contribution >= 0.6 is 0 Å². The van der Waals surface area contributed by atoms with E-state index < -0.39 is 0 Å². The zero-order valence-electron chi connectivity index (χ0n) is 5.46. The van der Waals surface area contributed by atoms with Crippen molar-refractivity contribution in [3.63, 3.8) is 0 Å². The van der Waals surface area contributed by atoms with Gasteiger partial charge >= 0.3 is 0 Å². The molecule has 0 unspecified atom stereocenters. The quantitative estimate of drug-likeness (QED) is 0.517. The first-order chi connectivity index (χ1) is 4.97. The maximum absolute atomic E-state index is 5.07. The molecule has 4 heteroatoms. The third-order valence-electron chi connectivity index (χ3n) is 1.45. The molecule has 0 aromatic carbocycles. The van der Waals surface area contributed by atoms with Gasteiger partial charge in [0, 0.05) is 13.1 Å². The predicted octanol–water partition coefficient (Wildman–Crippen LogP) is -0.487. The minimum atomic E-state index is -0.262. The van der Waals surface area contributed by atoms with E-state index >= 15 is 0 Å². The largest absolute Gasteiger partial charge is 0.456 e. The van der Waals surface area contributed by atoms with Crippen LogP contribution in [0.3, 0.4) is 0 Å². The van der Waals surface area contributed by atoms with Gasteiger partial charge in [0.25, 0.3) is 6.29 Å². The highest BCUT2D eigenvalue weighted by Crippen LogP contribution is 2.14. The van der Waals surface area contributed by atoms with E-state index in [9.17, 15) is 0 Å². The average molecular weight is 141 g/mol. The van der Waals surface area contributed by atoms with Gasteiger partial charge < -0.3 is 9.47 Å². The third kappa shape index (κ3) is 0.955. The van der Waals surface area contributed by atoms with Crippen molar-refractivity contribution < 1.29 is 9.47 Å². The number of ether oxygens (including phenoxy) is 2. The van der Waals surface area contributed by atoms with Gasteiger partial charge in [0.2, 0.25) is 0 Å². The highest BCUT2D eigenvalue weighted by atomic mass is 16.7. The van der Waals surface area contributed by atoms with Crippen LogP contribution in [0.15, 0.2) is 12.5 Å². The number of hydrogen-bond acceptors (Lipinski definition) is 4. The summed E-state index contributed by atoms with van der Waals surface area (Å²) < 4.78 is 10.1. The summed E-state index contributed by atoms with van der Waals surface area (Å²) in [5, 5.41) is 6.23. The van der Waals surface area contributed by atoms with Crippen molar-refractivity contribution in [1.29, 1.82) is 0 Å². The second kappa shape index (κ2) is 2.48. The van der Waals surface area contributed by atoms with Gasteiger partial charge in [-0.3, -0.25) is 10.6 Å². The predicted molar refractivity (Wildman–Crippen MR) is 34.3 cm³/mol. The molecule has 2 N–H and O–H groups in total. The van der Waals surface area contributed by atoms with Crippen LogP contribution in [0.4, 0.5) is 0 Å². The van der Waals surface area contributed by atoms with E-state index in [2.05, 4.69) is 10.6 Å². The fourth-order valence-corrected chi connectivity index (χ4v) is 0.999. The highest BCUT2D eigenvalue weighted by molar-refractivity contribution is 4.97. The fourth-order valence-electron chi connectivity index (χ4n) is 0.999. The van der Waals surface area contributed by atoms with E-state index in [4.69, 9.17) is 9.47 Å². The topological polar surface area (TPSA) is 42.5 Å². The molecule has 0 amide bonds. The molecule has 0 atom stereocenters. The zero-order valence-corrected chi connectivity index (χ0v) is 5.46. The maximum Gasteiger partial charge on any atom is 0.274 e. The summed E-state index contributed by atoms with van der Waals surface area (Å²) in [7, 11) is 0. The van der Waals surface area contributed by atoms with Gasteiger partial charge in [0.05, 0.1) is 0 Å². The molecule has 1 saturated heterocycles. The lowest BCUT2D eigenvalue weighted by atomic mass is 10.5. The van der Waals surface area contributed by atoms with Crippen LogP contribution in [0.25, 0.3) is 0 Å². The van der Waals surface area contributed by atoms with E-state index in [1.54, 1.807) is 12.5 Å². The second-order valence-electron chi connectivity index (χ2n) is 2.14. The van der Waals surface area contributed by atoms with Crippen molar-refractivity contribution in [2.75, 3.05) is 13.1 Å². The van der Waals surface area contributed by atoms with Crippen LogP contribution in [0, 0.1) is 6.17 Å². The normalized spacial score (nSPS) is 26.8. The van der Waals surface area contributed by atoms with Gasteiger partial charge in [-0.1, -0.05) is 0 Å². The molecule has 55 valence electrons. The Hall–Kier alpha value is -0.740. The summed E-state index contributed by atoms with van der Waals surface area (Å²) in [4.78, 5) is 0. The van der Waals surface area contributed by atoms with E-state index in [0.717, 1.165) is 19.3 Å². The van der Waals surface area contributed by atoms with Crippen molar-refractivity contribution in [2.45, 2.75) is 6.29 Å². The smallest absolute Gasteiger partial charge is 0.274 e. The number of nitrogens with one attached hydrogen (secondary N) is 2. The van der Waals surface area contributed by atoms with Crippen LogP contribution in [0.5, 0.6) is 0 Å². The molecule has 2 heterocycles. The van der Waals surface area contributed by atoms with Crippen molar-refractivity contribution in [1.82, 2.24) is 10.6 Å². The summed E-state index contributed by atoms with van der Waals surface area (Å²) in [6.07, 6.45) is 3.74. The first-order valence-electron chi connectivity index (χ1n) is 3.27. The number of rotatable bonds is 1. The Labute approximate surface area is 59.2 Å². The van der Waals surface area contributed by atoms with E-state index in [-0.39, 0.29) is 6.29 Å². The number of hydrogen-bond donors (Lipinski definition) is 2. The monoisotopic (exact) mass is 141 g/mol. The molecule has 4 nitrogen and oxygen atoms in total. The fraction of sp³-hybridized carbons (Fsp3) is 0.500. The molecular formula is C6H9N2O2. The summed E-state index contributed by atoms with van der Waals surface area (Å²) in [6, 6.07) is 0. The molecule has 0 bridgehead atoms. The van der Waals surface area contributed by atoms with Gasteiger partial charge in [-0.25, -0.2) is 0 Å². The summed E-state index contributed by atoms with van der Waals surface area (Å²) >= 11 is 0. The van der Waals surface area contributed by atoms with Gasteiger partial charge in [-0.2, -0.15) is 0 Å². The standard InChI is InChI=1S/C6H9N2O2/c1-2-8-5(7-1)6-9-3-4-10-6/h3-4,6-8H,1-2H2. The minimum Gasteiger partial charge on any atom is -0.456 e. The molecule has 2 aliphatic rings. The molecule has 1 radical (unpaired) electrons. The summed E-state index contributed by atoms with van der Waals surface area (Å²) in [5.74, 6) is 0. The Morgan fingerprint density at radius 2 is 1.80 bits per heavy atom. The van der Waals surface area contributed by atoms with Crippen molar-refractivity contribution in [3.05, 3.63) is 18.7 Å². The Balaban J connectivity index is 1.87. The molecule has 2 rings (SSSR count). The van der Waals surface area contributed by atoms with E-state index in [1.165, 1.54) is 0 Å². The zero-order chi connectivity index (χ0) is 6.81. The second-order valence-corrected chi connectivity index (χ2v) is 2.14. The SMILES string of the molecule is C1=COC([C]2NCCN2)O1. The third-order valence-corrected chi connectivity index (χ3v) is 1.45. The lowest BCUT2D eigenvalue weighted by Crippen LogP contribution is -2.34. The average Bonchev–Trinajstić information content (AvgIpc) is 2.59. The lowest BCUT2D eigenvalue weighted by Gasteiger charge is -2.15. The molecule has 2 aliphatic heterocycles. The first kappa shape index (κ1) is 6.00. The van der Waals surface area contributed by atoms with Crippen molar-refractivity contribution in [2.24, 2.45) is 0 Å². The first-order valence-corrected chi connectivity index (χ1v) is 3.27. The van der Waals surface area contributed by atoms with Gasteiger partial charge in [-0.15, -0.1) is 0 Å². The van der Waals surface area contributed by atoms with Crippen LogP contribution in [0.1, 0.15) is 0 Å². The molecular weight excluding hydrogens is 132 g/mol. The van der Waals surface area contributed by atoms with Crippen molar-refractivity contribution in [3.8, 4) is 0 Å². The van der Waals surface area contributed by atoms with Crippen LogP contribution in [0.2, 0.25) is 0 Å². The maximum atomic E-state index is 5.07. The Kier molecular flexibility index (Phi) is 1.49. The Morgan fingerprint density at radius 3 is 2.40 bits per heavy atom. The summed E-state index contributed by atoms with van der Waals surface area (Å²) in [5.41, 5.74) is 0. The molecule has 0 saturated carbocycles. The molecule has 0 spiro atoms. The summed E-state index contributed by atoms with van der Waals surface area (Å²) in [6.45, 7) is 1.89. The van der Waals surface area contributed by atoms with Gasteiger partial charge in [0.1, 0.15) is 12.5 Å². The molecule has 0 aromatic heterocycles. The van der Waals surface area contributed by atoms with Crippen LogP contribution in [-0.2, 0) is 9.47 Å².